The minimum absolute atomic E-state index is 0.118. The van der Waals surface area contributed by atoms with Crippen LogP contribution in [0.15, 0.2) is 45.6 Å². The molecule has 1 aromatic heterocycles. The molecule has 14 unspecified atom stereocenters. The lowest BCUT2D eigenvalue weighted by Crippen LogP contribution is -2.62. The van der Waals surface area contributed by atoms with E-state index in [1.54, 1.807) is 0 Å². The van der Waals surface area contributed by atoms with Crippen LogP contribution in [0.2, 0.25) is 0 Å². The summed E-state index contributed by atoms with van der Waals surface area (Å²) in [6.45, 7) is 2.43. The summed E-state index contributed by atoms with van der Waals surface area (Å²) in [5.41, 5.74) is -1.02. The first-order valence-electron chi connectivity index (χ1n) is 15.6. The number of phenols is 2. The summed E-state index contributed by atoms with van der Waals surface area (Å²) in [6, 6.07) is 7.55. The van der Waals surface area contributed by atoms with Crippen molar-refractivity contribution in [1.29, 1.82) is 0 Å². The molecule has 3 aliphatic heterocycles. The van der Waals surface area contributed by atoms with E-state index in [2.05, 4.69) is 0 Å². The highest BCUT2D eigenvalue weighted by atomic mass is 16.8. The van der Waals surface area contributed by atoms with Gasteiger partial charge in [-0.3, -0.25) is 4.79 Å². The van der Waals surface area contributed by atoms with E-state index in [4.69, 9.17) is 32.8 Å². The third kappa shape index (κ3) is 6.73. The zero-order valence-corrected chi connectivity index (χ0v) is 26.5. The van der Waals surface area contributed by atoms with Gasteiger partial charge in [0, 0.05) is 17.7 Å². The normalized spacial score (nSPS) is 37.8. The highest BCUT2D eigenvalue weighted by molar-refractivity contribution is 5.88. The van der Waals surface area contributed by atoms with E-state index >= 15 is 0 Å². The summed E-state index contributed by atoms with van der Waals surface area (Å²) in [6.07, 6.45) is -21.4. The molecule has 3 aliphatic rings. The molecule has 10 N–H and O–H groups in total. The molecule has 3 fully saturated rings. The molecule has 0 saturated carbocycles. The van der Waals surface area contributed by atoms with Crippen molar-refractivity contribution in [3.63, 3.8) is 0 Å². The SMILES string of the molecule is CC1OC(Oc2c(-c3ccc(O)cc3)oc3cc(OC4OC(C)C(O)C(O)C4OC4OCC(O)C(O)C4O)cc(O)c3c2=O)C(O)C(O)C1O. The van der Waals surface area contributed by atoms with E-state index in [1.807, 2.05) is 0 Å². The highest BCUT2D eigenvalue weighted by Gasteiger charge is 2.49. The lowest BCUT2D eigenvalue weighted by Gasteiger charge is -2.44. The van der Waals surface area contributed by atoms with Crippen LogP contribution in [0, 0.1) is 0 Å². The number of hydrogen-bond acceptors (Lipinski definition) is 18. The number of ether oxygens (including phenoxy) is 6. The van der Waals surface area contributed by atoms with E-state index < -0.39 is 115 Å². The Bertz CT molecular complexity index is 1710. The summed E-state index contributed by atoms with van der Waals surface area (Å²) < 4.78 is 39.9. The quantitative estimate of drug-likeness (QED) is 0.124. The molecule has 0 bridgehead atoms. The van der Waals surface area contributed by atoms with Crippen LogP contribution >= 0.6 is 0 Å². The predicted octanol–water partition coefficient (Wildman–Crippen LogP) is -2.25. The Kier molecular flexibility index (Phi) is 10.3. The number of hydrogen-bond donors (Lipinski definition) is 10. The smallest absolute Gasteiger partial charge is 0.239 e. The Balaban J connectivity index is 1.37. The third-order valence-corrected chi connectivity index (χ3v) is 8.86. The van der Waals surface area contributed by atoms with Gasteiger partial charge in [0.25, 0.3) is 0 Å². The summed E-state index contributed by atoms with van der Waals surface area (Å²) in [7, 11) is 0. The second-order valence-corrected chi connectivity index (χ2v) is 12.4. The molecule has 3 aromatic rings. The molecule has 18 heteroatoms. The Morgan fingerprint density at radius 3 is 2.00 bits per heavy atom. The van der Waals surface area contributed by atoms with Gasteiger partial charge in [-0.2, -0.15) is 0 Å². The Morgan fingerprint density at radius 2 is 1.32 bits per heavy atom. The average molecular weight is 711 g/mol. The Hall–Kier alpha value is -3.63. The summed E-state index contributed by atoms with van der Waals surface area (Å²) >= 11 is 0. The van der Waals surface area contributed by atoms with Gasteiger partial charge in [-0.05, 0) is 38.1 Å². The van der Waals surface area contributed by atoms with Gasteiger partial charge in [0.2, 0.25) is 23.8 Å². The molecule has 0 aliphatic carbocycles. The maximum absolute atomic E-state index is 13.9. The standard InChI is InChI=1S/C32H38O18/c1-10-19(36)23(40)26(43)31(45-10)49-28-22(39)18-15(34)7-14(8-17(18)48-27(28)12-3-5-13(33)6-4-12)47-32-29(24(41)20(37)11(2)46-32)50-30-25(42)21(38)16(35)9-44-30/h3-8,10-11,16,19-21,23-26,29-38,40-43H,9H2,1-2H3. The van der Waals surface area contributed by atoms with Crippen LogP contribution in [0.25, 0.3) is 22.3 Å². The summed E-state index contributed by atoms with van der Waals surface area (Å²) in [5, 5.41) is 103. The number of rotatable bonds is 7. The monoisotopic (exact) mass is 710 g/mol. The zero-order valence-electron chi connectivity index (χ0n) is 26.5. The first kappa shape index (κ1) is 36.2. The summed E-state index contributed by atoms with van der Waals surface area (Å²) in [5.74, 6) is -1.81. The van der Waals surface area contributed by atoms with Gasteiger partial charge >= 0.3 is 0 Å². The highest BCUT2D eigenvalue weighted by Crippen LogP contribution is 2.39. The van der Waals surface area contributed by atoms with Crippen LogP contribution in [-0.2, 0) is 18.9 Å². The van der Waals surface area contributed by atoms with Crippen molar-refractivity contribution in [2.45, 2.75) is 99.9 Å². The number of benzene rings is 2. The van der Waals surface area contributed by atoms with Crippen LogP contribution in [0.1, 0.15) is 13.8 Å². The molecule has 0 radical (unpaired) electrons. The van der Waals surface area contributed by atoms with Crippen molar-refractivity contribution in [3.05, 3.63) is 46.6 Å². The molecule has 0 amide bonds. The van der Waals surface area contributed by atoms with E-state index in [-0.39, 0.29) is 28.4 Å². The van der Waals surface area contributed by atoms with Gasteiger partial charge in [0.1, 0.15) is 77.0 Å². The van der Waals surface area contributed by atoms with E-state index in [0.717, 1.165) is 6.07 Å². The maximum Gasteiger partial charge on any atom is 0.239 e. The molecule has 50 heavy (non-hydrogen) atoms. The summed E-state index contributed by atoms with van der Waals surface area (Å²) in [4.78, 5) is 13.9. The minimum atomic E-state index is -1.80. The first-order valence-corrected chi connectivity index (χ1v) is 15.6. The van der Waals surface area contributed by atoms with Gasteiger partial charge in [0.05, 0.1) is 18.8 Å². The van der Waals surface area contributed by atoms with E-state index in [9.17, 15) is 55.9 Å². The van der Waals surface area contributed by atoms with E-state index in [0.29, 0.717) is 0 Å². The maximum atomic E-state index is 13.9. The molecular weight excluding hydrogens is 672 g/mol. The third-order valence-electron chi connectivity index (χ3n) is 8.86. The van der Waals surface area contributed by atoms with Crippen molar-refractivity contribution < 1.29 is 83.9 Å². The molecule has 2 aromatic carbocycles. The fourth-order valence-corrected chi connectivity index (χ4v) is 5.89. The van der Waals surface area contributed by atoms with Gasteiger partial charge in [0.15, 0.2) is 18.2 Å². The van der Waals surface area contributed by atoms with Crippen molar-refractivity contribution in [2.24, 2.45) is 0 Å². The molecule has 18 nitrogen and oxygen atoms in total. The number of fused-ring (bicyclic) bond motifs is 1. The van der Waals surface area contributed by atoms with Gasteiger partial charge in [-0.1, -0.05) is 0 Å². The van der Waals surface area contributed by atoms with Crippen LogP contribution < -0.4 is 14.9 Å². The lowest BCUT2D eigenvalue weighted by molar-refractivity contribution is -0.341. The van der Waals surface area contributed by atoms with E-state index in [1.165, 1.54) is 44.2 Å². The molecule has 14 atom stereocenters. The molecule has 4 heterocycles. The molecule has 0 spiro atoms. The number of phenolic OH excluding ortho intramolecular Hbond substituents is 2. The van der Waals surface area contributed by atoms with Crippen molar-refractivity contribution in [2.75, 3.05) is 6.61 Å². The van der Waals surface area contributed by atoms with Gasteiger partial charge < -0.3 is 83.9 Å². The minimum Gasteiger partial charge on any atom is -0.508 e. The topological polar surface area (TPSA) is 288 Å². The second kappa shape index (κ2) is 14.2. The van der Waals surface area contributed by atoms with Crippen LogP contribution in [0.5, 0.6) is 23.0 Å². The largest absolute Gasteiger partial charge is 0.508 e. The molecule has 3 saturated heterocycles. The fourth-order valence-electron chi connectivity index (χ4n) is 5.89. The Morgan fingerprint density at radius 1 is 0.700 bits per heavy atom. The predicted molar refractivity (Wildman–Crippen MR) is 164 cm³/mol. The van der Waals surface area contributed by atoms with Gasteiger partial charge in [-0.25, -0.2) is 0 Å². The zero-order chi connectivity index (χ0) is 36.2. The molecule has 274 valence electrons. The Labute approximate surface area is 282 Å². The second-order valence-electron chi connectivity index (χ2n) is 12.4. The first-order chi connectivity index (χ1) is 23.7. The number of aliphatic hydroxyl groups is 8. The van der Waals surface area contributed by atoms with Crippen molar-refractivity contribution in [1.82, 2.24) is 0 Å². The number of aliphatic hydroxyl groups excluding tert-OH is 8. The molecule has 6 rings (SSSR count). The number of aromatic hydroxyl groups is 2. The fraction of sp³-hybridized carbons (Fsp3) is 0.531. The van der Waals surface area contributed by atoms with Crippen molar-refractivity contribution >= 4 is 11.0 Å². The van der Waals surface area contributed by atoms with Crippen LogP contribution in [-0.4, -0.2) is 144 Å². The van der Waals surface area contributed by atoms with Gasteiger partial charge in [-0.15, -0.1) is 0 Å². The molecular formula is C32H38O18. The van der Waals surface area contributed by atoms with Crippen LogP contribution in [0.4, 0.5) is 0 Å². The van der Waals surface area contributed by atoms with Crippen LogP contribution in [0.3, 0.4) is 0 Å². The van der Waals surface area contributed by atoms with Crippen molar-refractivity contribution in [3.8, 4) is 34.3 Å². The average Bonchev–Trinajstić information content (AvgIpc) is 3.08. The lowest BCUT2D eigenvalue weighted by atomic mass is 9.99.